The summed E-state index contributed by atoms with van der Waals surface area (Å²) in [6.45, 7) is 1.82. The molecule has 7 nitrogen and oxygen atoms in total. The maximum atomic E-state index is 12.8. The highest BCUT2D eigenvalue weighted by atomic mass is 19.4. The van der Waals surface area contributed by atoms with E-state index in [4.69, 9.17) is 9.84 Å². The number of hydrogen-bond acceptors (Lipinski definition) is 4. The van der Waals surface area contributed by atoms with Crippen molar-refractivity contribution in [1.82, 2.24) is 10.6 Å². The van der Waals surface area contributed by atoms with Gasteiger partial charge in [-0.25, -0.2) is 9.59 Å². The number of aliphatic carboxylic acids is 1. The van der Waals surface area contributed by atoms with E-state index in [-0.39, 0.29) is 12.5 Å². The minimum absolute atomic E-state index is 0.0417. The lowest BCUT2D eigenvalue weighted by Crippen LogP contribution is -2.52. The molecule has 3 N–H and O–H groups in total. The normalized spacial score (nSPS) is 14.5. The zero-order chi connectivity index (χ0) is 24.9. The Morgan fingerprint density at radius 1 is 1.00 bits per heavy atom. The minimum Gasteiger partial charge on any atom is -0.479 e. The summed E-state index contributed by atoms with van der Waals surface area (Å²) in [7, 11) is 0. The number of carbonyl (C=O) groups is 3. The summed E-state index contributed by atoms with van der Waals surface area (Å²) in [6.07, 6.45) is -5.64. The predicted octanol–water partition coefficient (Wildman–Crippen LogP) is 4.22. The summed E-state index contributed by atoms with van der Waals surface area (Å²) in [5.41, 5.74) is 4.16. The van der Waals surface area contributed by atoms with E-state index in [1.165, 1.54) is 5.32 Å². The van der Waals surface area contributed by atoms with Crippen LogP contribution in [0.3, 0.4) is 0 Å². The molecule has 0 aliphatic heterocycles. The maximum absolute atomic E-state index is 12.8. The lowest BCUT2D eigenvalue weighted by Gasteiger charge is -2.21. The molecule has 0 fully saturated rings. The van der Waals surface area contributed by atoms with Crippen molar-refractivity contribution in [1.29, 1.82) is 0 Å². The fraction of sp³-hybridized carbons (Fsp3) is 0.375. The Labute approximate surface area is 194 Å². The molecule has 0 saturated heterocycles. The number of halogens is 3. The van der Waals surface area contributed by atoms with Crippen molar-refractivity contribution in [3.05, 3.63) is 59.7 Å². The quantitative estimate of drug-likeness (QED) is 0.501. The third-order valence-corrected chi connectivity index (χ3v) is 5.61. The average molecular weight is 478 g/mol. The van der Waals surface area contributed by atoms with Crippen molar-refractivity contribution >= 4 is 18.0 Å². The third-order valence-electron chi connectivity index (χ3n) is 5.61. The van der Waals surface area contributed by atoms with Gasteiger partial charge in [-0.15, -0.1) is 0 Å². The number of hydrogen-bond donors (Lipinski definition) is 3. The Kier molecular flexibility index (Phi) is 7.80. The van der Waals surface area contributed by atoms with Crippen molar-refractivity contribution in [2.45, 2.75) is 50.4 Å². The van der Waals surface area contributed by atoms with Gasteiger partial charge in [0.2, 0.25) is 11.9 Å². The van der Waals surface area contributed by atoms with E-state index in [1.54, 1.807) is 6.92 Å². The van der Waals surface area contributed by atoms with Crippen LogP contribution in [0.25, 0.3) is 11.1 Å². The molecule has 0 aromatic heterocycles. The van der Waals surface area contributed by atoms with E-state index in [1.807, 2.05) is 48.5 Å². The highest BCUT2D eigenvalue weighted by molar-refractivity contribution is 5.85. The number of fused-ring (bicyclic) bond motifs is 3. The van der Waals surface area contributed by atoms with E-state index < -0.39 is 42.7 Å². The minimum atomic E-state index is -5.14. The van der Waals surface area contributed by atoms with Crippen molar-refractivity contribution < 1.29 is 37.4 Å². The molecule has 182 valence electrons. The maximum Gasteiger partial charge on any atom is 0.419 e. The first-order chi connectivity index (χ1) is 16.1. The van der Waals surface area contributed by atoms with E-state index >= 15 is 0 Å². The van der Waals surface area contributed by atoms with Crippen LogP contribution in [0.1, 0.15) is 43.2 Å². The second-order valence-electron chi connectivity index (χ2n) is 8.04. The topological polar surface area (TPSA) is 105 Å². The van der Waals surface area contributed by atoms with Crippen molar-refractivity contribution in [3.8, 4) is 11.1 Å². The average Bonchev–Trinajstić information content (AvgIpc) is 3.09. The van der Waals surface area contributed by atoms with Crippen LogP contribution in [0.4, 0.5) is 18.0 Å². The first kappa shape index (κ1) is 25.1. The number of rotatable bonds is 9. The lowest BCUT2D eigenvalue weighted by atomic mass is 9.98. The number of amides is 2. The number of benzene rings is 2. The van der Waals surface area contributed by atoms with Gasteiger partial charge in [0.1, 0.15) is 6.61 Å². The van der Waals surface area contributed by atoms with Crippen LogP contribution in [-0.4, -0.2) is 47.9 Å². The molecule has 0 radical (unpaired) electrons. The molecule has 3 rings (SSSR count). The van der Waals surface area contributed by atoms with E-state index in [9.17, 15) is 27.6 Å². The van der Waals surface area contributed by atoms with Crippen molar-refractivity contribution in [2.24, 2.45) is 0 Å². The number of carbonyl (C=O) groups excluding carboxylic acids is 2. The molecular weight excluding hydrogens is 453 g/mol. The van der Waals surface area contributed by atoms with E-state index in [0.717, 1.165) is 22.3 Å². The van der Waals surface area contributed by atoms with Gasteiger partial charge < -0.3 is 20.5 Å². The van der Waals surface area contributed by atoms with Crippen LogP contribution < -0.4 is 10.6 Å². The van der Waals surface area contributed by atoms with E-state index in [0.29, 0.717) is 12.8 Å². The van der Waals surface area contributed by atoms with Crippen LogP contribution in [0.5, 0.6) is 0 Å². The van der Waals surface area contributed by atoms with Crippen LogP contribution in [-0.2, 0) is 14.3 Å². The molecule has 1 aliphatic rings. The highest BCUT2D eigenvalue weighted by Crippen LogP contribution is 2.44. The van der Waals surface area contributed by atoms with Crippen molar-refractivity contribution in [3.63, 3.8) is 0 Å². The smallest absolute Gasteiger partial charge is 0.419 e. The van der Waals surface area contributed by atoms with Gasteiger partial charge in [-0.1, -0.05) is 61.9 Å². The van der Waals surface area contributed by atoms with Gasteiger partial charge >= 0.3 is 18.2 Å². The van der Waals surface area contributed by atoms with Gasteiger partial charge in [0, 0.05) is 18.4 Å². The number of ether oxygens (including phenoxy) is 1. The molecular formula is C24H25F3N2O5. The molecule has 0 bridgehead atoms. The third kappa shape index (κ3) is 5.86. The Bertz CT molecular complexity index is 1010. The molecule has 0 heterocycles. The van der Waals surface area contributed by atoms with Gasteiger partial charge in [-0.3, -0.25) is 4.79 Å². The van der Waals surface area contributed by atoms with Crippen LogP contribution in [0.15, 0.2) is 48.5 Å². The molecule has 2 unspecified atom stereocenters. The summed E-state index contributed by atoms with van der Waals surface area (Å²) < 4.78 is 43.8. The molecule has 2 aromatic rings. The molecule has 10 heteroatoms. The highest BCUT2D eigenvalue weighted by Gasteiger charge is 2.46. The number of alkyl carbamates (subject to hydrolysis) is 1. The van der Waals surface area contributed by atoms with Crippen molar-refractivity contribution in [2.75, 3.05) is 6.61 Å². The van der Waals surface area contributed by atoms with E-state index in [2.05, 4.69) is 5.32 Å². The summed E-state index contributed by atoms with van der Waals surface area (Å²) in [5.74, 6) is -3.52. The number of carboxylic acid groups (broad SMARTS) is 1. The number of alkyl halides is 3. The molecule has 34 heavy (non-hydrogen) atoms. The number of carboxylic acids is 1. The first-order valence-electron chi connectivity index (χ1n) is 10.8. The molecule has 2 amide bonds. The molecule has 0 spiro atoms. The lowest BCUT2D eigenvalue weighted by molar-refractivity contribution is -0.182. The van der Waals surface area contributed by atoms with Crippen LogP contribution >= 0.6 is 0 Å². The Balaban J connectivity index is 1.60. The Morgan fingerprint density at radius 2 is 1.56 bits per heavy atom. The zero-order valence-electron chi connectivity index (χ0n) is 18.4. The molecule has 0 saturated carbocycles. The largest absolute Gasteiger partial charge is 0.479 e. The zero-order valence-corrected chi connectivity index (χ0v) is 18.4. The summed E-state index contributed by atoms with van der Waals surface area (Å²) in [5, 5.41) is 12.7. The molecule has 1 aliphatic carbocycles. The predicted molar refractivity (Wildman–Crippen MR) is 117 cm³/mol. The second-order valence-corrected chi connectivity index (χ2v) is 8.04. The van der Waals surface area contributed by atoms with Gasteiger partial charge in [-0.05, 0) is 28.7 Å². The Morgan fingerprint density at radius 3 is 2.06 bits per heavy atom. The van der Waals surface area contributed by atoms with Crippen LogP contribution in [0.2, 0.25) is 0 Å². The molecule has 2 atom stereocenters. The standard InChI is InChI=1S/C24H25F3N2O5/c1-2-7-14(12-20(30)29-21(22(31)32)24(25,26)27)28-23(33)34-13-19-17-10-5-3-8-15(17)16-9-4-6-11-18(16)19/h3-6,8-11,14,19,21H,2,7,12-13H2,1H3,(H,28,33)(H,29,30)(H,31,32). The Hall–Kier alpha value is -3.56. The van der Waals surface area contributed by atoms with Gasteiger partial charge in [-0.2, -0.15) is 13.2 Å². The summed E-state index contributed by atoms with van der Waals surface area (Å²) in [4.78, 5) is 35.3. The summed E-state index contributed by atoms with van der Waals surface area (Å²) >= 11 is 0. The monoisotopic (exact) mass is 478 g/mol. The SMILES string of the molecule is CCCC(CC(=O)NC(C(=O)O)C(F)(F)F)NC(=O)OCC1c2ccccc2-c2ccccc21. The van der Waals surface area contributed by atoms with Gasteiger partial charge in [0.25, 0.3) is 0 Å². The number of nitrogens with one attached hydrogen (secondary N) is 2. The fourth-order valence-corrected chi connectivity index (χ4v) is 4.11. The first-order valence-corrected chi connectivity index (χ1v) is 10.8. The molecule has 2 aromatic carbocycles. The van der Waals surface area contributed by atoms with Gasteiger partial charge in [0.05, 0.1) is 0 Å². The second kappa shape index (κ2) is 10.6. The van der Waals surface area contributed by atoms with Crippen LogP contribution in [0, 0.1) is 0 Å². The van der Waals surface area contributed by atoms with Gasteiger partial charge in [0.15, 0.2) is 0 Å². The fourth-order valence-electron chi connectivity index (χ4n) is 4.11. The summed E-state index contributed by atoms with van der Waals surface area (Å²) in [6, 6.07) is 11.7.